The van der Waals surface area contributed by atoms with Crippen molar-refractivity contribution in [1.82, 2.24) is 20.2 Å². The number of para-hydroxylation sites is 2. The van der Waals surface area contributed by atoms with Crippen LogP contribution >= 0.6 is 11.6 Å². The molecule has 1 fully saturated rings. The maximum atomic E-state index is 13.0. The number of nitrogens with zero attached hydrogens (tertiary/aromatic N) is 2. The topological polar surface area (TPSA) is 79.5 Å². The van der Waals surface area contributed by atoms with Crippen molar-refractivity contribution >= 4 is 28.5 Å². The van der Waals surface area contributed by atoms with E-state index in [4.69, 9.17) is 21.1 Å². The lowest BCUT2D eigenvalue weighted by Crippen LogP contribution is -2.36. The summed E-state index contributed by atoms with van der Waals surface area (Å²) in [7, 11) is 0. The highest BCUT2D eigenvalue weighted by atomic mass is 35.5. The lowest BCUT2D eigenvalue weighted by atomic mass is 9.94. The largest absolute Gasteiger partial charge is 0.485 e. The minimum Gasteiger partial charge on any atom is -0.485 e. The number of ether oxygens (including phenoxy) is 2. The SMILES string of the molecule is CCC1CCN(CCCNC(=O)c2ccc(OCc3nc4ccccc4[nH]3)c(OCc3ccc(Cl)cc3C)c2)CC1. The molecule has 41 heavy (non-hydrogen) atoms. The molecular weight excluding hydrogens is 536 g/mol. The molecule has 0 radical (unpaired) electrons. The number of carbonyl (C=O) groups excluding carboxylic acids is 1. The van der Waals surface area contributed by atoms with Gasteiger partial charge in [0, 0.05) is 17.1 Å². The fourth-order valence-electron chi connectivity index (χ4n) is 5.30. The number of aromatic nitrogens is 2. The number of hydrogen-bond donors (Lipinski definition) is 2. The summed E-state index contributed by atoms with van der Waals surface area (Å²) in [5, 5.41) is 3.76. The summed E-state index contributed by atoms with van der Waals surface area (Å²) in [5.41, 5.74) is 4.43. The molecular formula is C33H39ClN4O3. The summed E-state index contributed by atoms with van der Waals surface area (Å²) in [5.74, 6) is 2.51. The van der Waals surface area contributed by atoms with Gasteiger partial charge in [0.15, 0.2) is 11.5 Å². The molecule has 2 heterocycles. The van der Waals surface area contributed by atoms with Gasteiger partial charge in [-0.15, -0.1) is 0 Å². The summed E-state index contributed by atoms with van der Waals surface area (Å²) in [6.45, 7) is 8.82. The number of H-pyrrole nitrogens is 1. The highest BCUT2D eigenvalue weighted by molar-refractivity contribution is 6.30. The molecule has 0 unspecified atom stereocenters. The van der Waals surface area contributed by atoms with E-state index < -0.39 is 0 Å². The number of halogens is 1. The van der Waals surface area contributed by atoms with Crippen molar-refractivity contribution in [3.05, 3.63) is 88.2 Å². The standard InChI is InChI=1S/C33H39ClN4O3/c1-3-24-13-17-38(18-14-24)16-6-15-35-33(39)25-10-12-30(41-22-32-36-28-7-4-5-8-29(28)37-32)31(20-25)40-21-26-9-11-27(34)19-23(26)2/h4-5,7-12,19-20,24H,3,6,13-18,21-22H2,1-2H3,(H,35,39)(H,36,37). The Kier molecular flexibility index (Phi) is 9.80. The minimum atomic E-state index is -0.119. The van der Waals surface area contributed by atoms with Crippen molar-refractivity contribution in [2.45, 2.75) is 52.7 Å². The van der Waals surface area contributed by atoms with Crippen molar-refractivity contribution < 1.29 is 14.3 Å². The van der Waals surface area contributed by atoms with Crippen molar-refractivity contribution in [1.29, 1.82) is 0 Å². The zero-order valence-electron chi connectivity index (χ0n) is 23.9. The molecule has 0 bridgehead atoms. The zero-order chi connectivity index (χ0) is 28.6. The summed E-state index contributed by atoms with van der Waals surface area (Å²) >= 11 is 6.13. The Morgan fingerprint density at radius 1 is 1.05 bits per heavy atom. The molecule has 3 aromatic carbocycles. The van der Waals surface area contributed by atoms with Crippen LogP contribution < -0.4 is 14.8 Å². The Hall–Kier alpha value is -3.55. The number of aryl methyl sites for hydroxylation is 1. The predicted molar refractivity (Wildman–Crippen MR) is 164 cm³/mol. The fourth-order valence-corrected chi connectivity index (χ4v) is 5.53. The van der Waals surface area contributed by atoms with Crippen molar-refractivity contribution in [3.8, 4) is 11.5 Å². The quantitative estimate of drug-likeness (QED) is 0.179. The van der Waals surface area contributed by atoms with Gasteiger partial charge in [-0.1, -0.05) is 43.1 Å². The van der Waals surface area contributed by atoms with E-state index in [0.29, 0.717) is 41.1 Å². The maximum Gasteiger partial charge on any atom is 0.251 e. The van der Waals surface area contributed by atoms with Crippen LogP contribution in [0.15, 0.2) is 60.7 Å². The molecule has 0 atom stereocenters. The Bertz CT molecular complexity index is 1430. The van der Waals surface area contributed by atoms with Crippen LogP contribution in [0.2, 0.25) is 5.02 Å². The normalized spacial score (nSPS) is 14.3. The van der Waals surface area contributed by atoms with Gasteiger partial charge in [0.2, 0.25) is 0 Å². The number of benzene rings is 3. The molecule has 5 rings (SSSR count). The van der Waals surface area contributed by atoms with Crippen LogP contribution in [0, 0.1) is 12.8 Å². The lowest BCUT2D eigenvalue weighted by Gasteiger charge is -2.31. The predicted octanol–water partition coefficient (Wildman–Crippen LogP) is 6.92. The van der Waals surface area contributed by atoms with E-state index in [9.17, 15) is 4.79 Å². The molecule has 1 amide bonds. The molecule has 7 nitrogen and oxygen atoms in total. The molecule has 216 valence electrons. The Labute approximate surface area is 247 Å². The molecule has 0 aliphatic carbocycles. The fraction of sp³-hybridized carbons (Fsp3) is 0.394. The third-order valence-electron chi connectivity index (χ3n) is 7.92. The zero-order valence-corrected chi connectivity index (χ0v) is 24.7. The van der Waals surface area contributed by atoms with Crippen molar-refractivity contribution in [3.63, 3.8) is 0 Å². The number of likely N-dealkylation sites (tertiary alicyclic amines) is 1. The number of hydrogen-bond acceptors (Lipinski definition) is 5. The monoisotopic (exact) mass is 574 g/mol. The van der Waals surface area contributed by atoms with Crippen LogP contribution in [0.3, 0.4) is 0 Å². The van der Waals surface area contributed by atoms with E-state index in [1.165, 1.54) is 19.3 Å². The van der Waals surface area contributed by atoms with E-state index in [-0.39, 0.29) is 12.5 Å². The first-order valence-electron chi connectivity index (χ1n) is 14.6. The Balaban J connectivity index is 1.22. The summed E-state index contributed by atoms with van der Waals surface area (Å²) in [6, 6.07) is 18.9. The van der Waals surface area contributed by atoms with Gasteiger partial charge in [-0.05, 0) is 105 Å². The molecule has 1 aromatic heterocycles. The first kappa shape index (κ1) is 29.0. The second-order valence-electron chi connectivity index (χ2n) is 10.8. The van der Waals surface area contributed by atoms with E-state index in [0.717, 1.165) is 54.1 Å². The van der Waals surface area contributed by atoms with Gasteiger partial charge >= 0.3 is 0 Å². The number of nitrogens with one attached hydrogen (secondary N) is 2. The molecule has 4 aromatic rings. The lowest BCUT2D eigenvalue weighted by molar-refractivity contribution is 0.0949. The number of amides is 1. The van der Waals surface area contributed by atoms with Gasteiger partial charge < -0.3 is 24.7 Å². The number of imidazole rings is 1. The smallest absolute Gasteiger partial charge is 0.251 e. The number of piperidine rings is 1. The number of rotatable bonds is 12. The molecule has 0 spiro atoms. The van der Waals surface area contributed by atoms with Crippen LogP contribution in [0.1, 0.15) is 59.9 Å². The van der Waals surface area contributed by atoms with Gasteiger partial charge in [0.1, 0.15) is 19.0 Å². The van der Waals surface area contributed by atoms with Crippen LogP contribution in [0.4, 0.5) is 0 Å². The Morgan fingerprint density at radius 3 is 2.63 bits per heavy atom. The third kappa shape index (κ3) is 7.80. The van der Waals surface area contributed by atoms with Gasteiger partial charge in [0.05, 0.1) is 11.0 Å². The number of fused-ring (bicyclic) bond motifs is 1. The number of carbonyl (C=O) groups is 1. The van der Waals surface area contributed by atoms with Crippen LogP contribution in [-0.4, -0.2) is 47.0 Å². The molecule has 1 aliphatic rings. The van der Waals surface area contributed by atoms with Gasteiger partial charge in [0.25, 0.3) is 5.91 Å². The molecule has 1 saturated heterocycles. The van der Waals surface area contributed by atoms with E-state index >= 15 is 0 Å². The van der Waals surface area contributed by atoms with Crippen molar-refractivity contribution in [2.75, 3.05) is 26.2 Å². The summed E-state index contributed by atoms with van der Waals surface area (Å²) in [4.78, 5) is 23.4. The molecule has 1 aliphatic heterocycles. The average molecular weight is 575 g/mol. The van der Waals surface area contributed by atoms with Crippen LogP contribution in [-0.2, 0) is 13.2 Å². The van der Waals surface area contributed by atoms with Gasteiger partial charge in [-0.2, -0.15) is 0 Å². The first-order chi connectivity index (χ1) is 20.0. The van der Waals surface area contributed by atoms with Crippen molar-refractivity contribution in [2.24, 2.45) is 5.92 Å². The maximum absolute atomic E-state index is 13.0. The molecule has 0 saturated carbocycles. The highest BCUT2D eigenvalue weighted by Crippen LogP contribution is 2.31. The molecule has 2 N–H and O–H groups in total. The van der Waals surface area contributed by atoms with Crippen LogP contribution in [0.5, 0.6) is 11.5 Å². The van der Waals surface area contributed by atoms with E-state index in [2.05, 4.69) is 27.1 Å². The minimum absolute atomic E-state index is 0.119. The second kappa shape index (κ2) is 13.9. The third-order valence-corrected chi connectivity index (χ3v) is 8.15. The molecule has 8 heteroatoms. The van der Waals surface area contributed by atoms with Gasteiger partial charge in [-0.3, -0.25) is 4.79 Å². The van der Waals surface area contributed by atoms with E-state index in [1.54, 1.807) is 18.2 Å². The highest BCUT2D eigenvalue weighted by Gasteiger charge is 2.18. The van der Waals surface area contributed by atoms with Gasteiger partial charge in [-0.25, -0.2) is 4.98 Å². The first-order valence-corrected chi connectivity index (χ1v) is 14.9. The number of aromatic amines is 1. The van der Waals surface area contributed by atoms with E-state index in [1.807, 2.05) is 49.4 Å². The Morgan fingerprint density at radius 2 is 1.85 bits per heavy atom. The summed E-state index contributed by atoms with van der Waals surface area (Å²) < 4.78 is 12.3. The van der Waals surface area contributed by atoms with Crippen LogP contribution in [0.25, 0.3) is 11.0 Å². The summed E-state index contributed by atoms with van der Waals surface area (Å²) in [6.07, 6.45) is 4.77. The average Bonchev–Trinajstić information content (AvgIpc) is 3.41. The second-order valence-corrected chi connectivity index (χ2v) is 11.2.